The molecule has 0 aliphatic heterocycles. The van der Waals surface area contributed by atoms with E-state index in [1.165, 1.54) is 13.2 Å². The van der Waals surface area contributed by atoms with E-state index < -0.39 is 33.4 Å². The van der Waals surface area contributed by atoms with E-state index in [-0.39, 0.29) is 23.4 Å². The van der Waals surface area contributed by atoms with E-state index in [2.05, 4.69) is 5.32 Å². The van der Waals surface area contributed by atoms with Crippen LogP contribution in [0.1, 0.15) is 28.4 Å². The van der Waals surface area contributed by atoms with Crippen LogP contribution in [0.4, 0.5) is 13.2 Å². The van der Waals surface area contributed by atoms with Crippen LogP contribution in [0.25, 0.3) is 0 Å². The molecule has 9 heteroatoms. The SMILES string of the molecule is COc1cc(CNC(=O)c2cc(C(F)(F)F)ccc2[As]C(C)CO)ccc1Cl. The number of rotatable bonds is 7. The van der Waals surface area contributed by atoms with Crippen molar-refractivity contribution in [3.05, 3.63) is 58.1 Å². The molecule has 0 aromatic heterocycles. The molecule has 0 aliphatic carbocycles. The molecule has 4 nitrogen and oxygen atoms in total. The van der Waals surface area contributed by atoms with Gasteiger partial charge in [0.15, 0.2) is 0 Å². The second-order valence-corrected chi connectivity index (χ2v) is 9.85. The molecule has 1 unspecified atom stereocenters. The molecule has 0 saturated carbocycles. The Bertz CT molecular complexity index is 846. The van der Waals surface area contributed by atoms with E-state index in [0.29, 0.717) is 20.7 Å². The fourth-order valence-electron chi connectivity index (χ4n) is 2.38. The van der Waals surface area contributed by atoms with Crippen LogP contribution < -0.4 is 14.4 Å². The van der Waals surface area contributed by atoms with E-state index in [9.17, 15) is 23.1 Å². The zero-order chi connectivity index (χ0) is 20.9. The first-order valence-electron chi connectivity index (χ1n) is 8.29. The summed E-state index contributed by atoms with van der Waals surface area (Å²) < 4.78 is 44.8. The zero-order valence-corrected chi connectivity index (χ0v) is 17.8. The Labute approximate surface area is 172 Å². The van der Waals surface area contributed by atoms with Crippen LogP contribution in [0.2, 0.25) is 9.73 Å². The quantitative estimate of drug-likeness (QED) is 0.602. The van der Waals surface area contributed by atoms with Crippen LogP contribution in [-0.4, -0.2) is 40.5 Å². The third-order valence-corrected chi connectivity index (χ3v) is 6.84. The molecule has 2 aromatic carbocycles. The second-order valence-electron chi connectivity index (χ2n) is 6.04. The van der Waals surface area contributed by atoms with E-state index in [0.717, 1.165) is 12.1 Å². The van der Waals surface area contributed by atoms with Crippen LogP contribution in [0, 0.1) is 0 Å². The summed E-state index contributed by atoms with van der Waals surface area (Å²) in [6, 6.07) is 8.12. The summed E-state index contributed by atoms with van der Waals surface area (Å²) in [4.78, 5) is 12.6. The van der Waals surface area contributed by atoms with Gasteiger partial charge in [-0.25, -0.2) is 0 Å². The summed E-state index contributed by atoms with van der Waals surface area (Å²) in [5, 5.41) is 12.3. The van der Waals surface area contributed by atoms with Crippen molar-refractivity contribution in [2.45, 2.75) is 24.4 Å². The van der Waals surface area contributed by atoms with E-state index in [1.54, 1.807) is 25.1 Å². The van der Waals surface area contributed by atoms with Gasteiger partial charge in [-0.3, -0.25) is 0 Å². The van der Waals surface area contributed by atoms with Crippen LogP contribution in [0.5, 0.6) is 5.75 Å². The molecule has 0 saturated heterocycles. The first-order valence-corrected chi connectivity index (χ1v) is 10.7. The zero-order valence-electron chi connectivity index (χ0n) is 15.2. The third-order valence-electron chi connectivity index (χ3n) is 3.86. The number of nitrogens with one attached hydrogen (secondary N) is 1. The van der Waals surface area contributed by atoms with Crippen molar-refractivity contribution in [2.24, 2.45) is 0 Å². The van der Waals surface area contributed by atoms with Crippen molar-refractivity contribution in [3.63, 3.8) is 0 Å². The van der Waals surface area contributed by atoms with Gasteiger partial charge in [0.2, 0.25) is 0 Å². The third kappa shape index (κ3) is 5.90. The summed E-state index contributed by atoms with van der Waals surface area (Å²) in [7, 11) is 1.46. The molecule has 0 spiro atoms. The van der Waals surface area contributed by atoms with Gasteiger partial charge in [-0.1, -0.05) is 0 Å². The molecule has 2 rings (SSSR count). The molecule has 151 valence electrons. The summed E-state index contributed by atoms with van der Waals surface area (Å²) in [6.07, 6.45) is -4.55. The van der Waals surface area contributed by atoms with Crippen molar-refractivity contribution >= 4 is 37.6 Å². The van der Waals surface area contributed by atoms with Gasteiger partial charge in [-0.05, 0) is 0 Å². The number of carbonyl (C=O) groups is 1. The Balaban J connectivity index is 2.26. The molecule has 1 amide bonds. The van der Waals surface area contributed by atoms with Gasteiger partial charge >= 0.3 is 173 Å². The standard InChI is InChI=1S/C19H19AsClF3NO3/c1-11(10-26)20-15-5-4-13(19(22,23)24)8-14(15)18(27)25-9-12-3-6-16(21)17(7-12)28-2/h3-8,11,26H,9-10H2,1-2H3,(H,25,27). The van der Waals surface area contributed by atoms with Gasteiger partial charge < -0.3 is 0 Å². The Hall–Kier alpha value is -1.69. The molecular formula is C19H19AsClF3NO3. The van der Waals surface area contributed by atoms with Crippen LogP contribution >= 0.6 is 11.6 Å². The molecule has 1 atom stereocenters. The normalized spacial score (nSPS) is 13.0. The molecule has 0 bridgehead atoms. The number of amides is 1. The van der Waals surface area contributed by atoms with E-state index >= 15 is 0 Å². The summed E-state index contributed by atoms with van der Waals surface area (Å²) in [5.74, 6) is -0.162. The first kappa shape index (κ1) is 22.6. The number of hydrogen-bond acceptors (Lipinski definition) is 3. The van der Waals surface area contributed by atoms with Crippen molar-refractivity contribution < 1.29 is 27.8 Å². The summed E-state index contributed by atoms with van der Waals surface area (Å²) in [5.41, 5.74) is -0.205. The number of alkyl halides is 3. The number of aliphatic hydroxyl groups excluding tert-OH is 1. The fraction of sp³-hybridized carbons (Fsp3) is 0.316. The number of methoxy groups -OCH3 is 1. The molecule has 0 aliphatic rings. The summed E-state index contributed by atoms with van der Waals surface area (Å²) in [6.45, 7) is 1.81. The topological polar surface area (TPSA) is 58.6 Å². The predicted molar refractivity (Wildman–Crippen MR) is 103 cm³/mol. The van der Waals surface area contributed by atoms with Gasteiger partial charge in [0.1, 0.15) is 0 Å². The molecule has 28 heavy (non-hydrogen) atoms. The minimum absolute atomic E-state index is 0.0175. The molecule has 2 aromatic rings. The van der Waals surface area contributed by atoms with Gasteiger partial charge in [0, 0.05) is 0 Å². The molecule has 0 fully saturated rings. The average Bonchev–Trinajstić information content (AvgIpc) is 2.66. The van der Waals surface area contributed by atoms with E-state index in [1.807, 2.05) is 0 Å². The molecule has 2 N–H and O–H groups in total. The van der Waals surface area contributed by atoms with Gasteiger partial charge in [0.25, 0.3) is 0 Å². The number of carbonyl (C=O) groups excluding carboxylic acids is 1. The average molecular weight is 477 g/mol. The molecule has 0 heterocycles. The monoisotopic (exact) mass is 476 g/mol. The number of ether oxygens (including phenoxy) is 1. The Kier molecular flexibility index (Phi) is 7.81. The van der Waals surface area contributed by atoms with Crippen LogP contribution in [-0.2, 0) is 12.7 Å². The Morgan fingerprint density at radius 1 is 1.29 bits per heavy atom. The first-order chi connectivity index (χ1) is 13.2. The van der Waals surface area contributed by atoms with Crippen LogP contribution in [0.3, 0.4) is 0 Å². The molecule has 1 radical (unpaired) electrons. The van der Waals surface area contributed by atoms with E-state index in [4.69, 9.17) is 16.3 Å². The van der Waals surface area contributed by atoms with Gasteiger partial charge in [0.05, 0.1) is 0 Å². The second kappa shape index (κ2) is 9.68. The number of aliphatic hydroxyl groups is 1. The predicted octanol–water partition coefficient (Wildman–Crippen LogP) is 3.43. The Morgan fingerprint density at radius 2 is 2.00 bits per heavy atom. The summed E-state index contributed by atoms with van der Waals surface area (Å²) >= 11 is 5.29. The van der Waals surface area contributed by atoms with Crippen molar-refractivity contribution in [3.8, 4) is 5.75 Å². The van der Waals surface area contributed by atoms with Crippen molar-refractivity contribution in [1.82, 2.24) is 5.32 Å². The fourth-order valence-corrected chi connectivity index (χ4v) is 4.72. The number of halogens is 4. The number of hydrogen-bond donors (Lipinski definition) is 2. The van der Waals surface area contributed by atoms with Crippen LogP contribution in [0.15, 0.2) is 36.4 Å². The van der Waals surface area contributed by atoms with Crippen molar-refractivity contribution in [2.75, 3.05) is 13.7 Å². The maximum absolute atomic E-state index is 13.1. The van der Waals surface area contributed by atoms with Gasteiger partial charge in [-0.2, -0.15) is 0 Å². The minimum atomic E-state index is -4.55. The number of benzene rings is 2. The van der Waals surface area contributed by atoms with Crippen molar-refractivity contribution in [1.29, 1.82) is 0 Å². The molecular weight excluding hydrogens is 458 g/mol. The van der Waals surface area contributed by atoms with Gasteiger partial charge in [-0.15, -0.1) is 0 Å². The maximum atomic E-state index is 13.1. The Morgan fingerprint density at radius 3 is 2.61 bits per heavy atom.